The molecule has 1 aromatic rings. The lowest BCUT2D eigenvalue weighted by Gasteiger charge is -2.38. The Balaban J connectivity index is 1.55. The van der Waals surface area contributed by atoms with Gasteiger partial charge in [-0.15, -0.1) is 0 Å². The number of likely N-dealkylation sites (N-methyl/N-ethyl adjacent to an activating group) is 1. The quantitative estimate of drug-likeness (QED) is 0.815. The van der Waals surface area contributed by atoms with Crippen LogP contribution >= 0.6 is 0 Å². The van der Waals surface area contributed by atoms with E-state index in [2.05, 4.69) is 11.9 Å². The lowest BCUT2D eigenvalue weighted by Crippen LogP contribution is -2.47. The average molecular weight is 342 g/mol. The highest BCUT2D eigenvalue weighted by atomic mass is 32.2. The fraction of sp³-hybridized carbons (Fsp3) is 0.750. The van der Waals surface area contributed by atoms with Crippen LogP contribution in [-0.4, -0.2) is 61.8 Å². The normalized spacial score (nSPS) is 25.4. The van der Waals surface area contributed by atoms with Crippen molar-refractivity contribution in [2.45, 2.75) is 44.4 Å². The molecular weight excluding hydrogens is 316 g/mol. The molecule has 2 aliphatic heterocycles. The van der Waals surface area contributed by atoms with Crippen molar-refractivity contribution in [3.05, 3.63) is 24.2 Å². The maximum atomic E-state index is 12.0. The lowest BCUT2D eigenvalue weighted by molar-refractivity contribution is -0.0316. The highest BCUT2D eigenvalue weighted by Gasteiger charge is 2.45. The smallest absolute Gasteiger partial charge is 0.213 e. The van der Waals surface area contributed by atoms with Crippen LogP contribution in [0.15, 0.2) is 22.8 Å². The minimum atomic E-state index is -3.08. The number of hydrogen-bond acceptors (Lipinski definition) is 5. The summed E-state index contributed by atoms with van der Waals surface area (Å²) in [6, 6.07) is 4.24. The van der Waals surface area contributed by atoms with E-state index in [-0.39, 0.29) is 11.4 Å². The van der Waals surface area contributed by atoms with Crippen LogP contribution in [0.1, 0.15) is 31.9 Å². The lowest BCUT2D eigenvalue weighted by atomic mass is 9.88. The number of nitrogens with zero attached hydrogens (tertiary/aromatic N) is 2. The van der Waals surface area contributed by atoms with Gasteiger partial charge in [-0.2, -0.15) is 0 Å². The van der Waals surface area contributed by atoms with Gasteiger partial charge in [-0.05, 0) is 45.4 Å². The van der Waals surface area contributed by atoms with Crippen molar-refractivity contribution in [2.24, 2.45) is 0 Å². The van der Waals surface area contributed by atoms with E-state index in [9.17, 15) is 8.42 Å². The standard InChI is InChI=1S/C16H26N2O4S/c1-3-23(19,20)18-8-6-16(7-9-18)11-14(13-22-16)17(2)12-15-5-4-10-21-15/h4-5,10,14H,3,6-9,11-13H2,1-2H3/t14-/m0/s1. The van der Waals surface area contributed by atoms with Crippen LogP contribution < -0.4 is 0 Å². The Labute approximate surface area is 138 Å². The molecule has 6 nitrogen and oxygen atoms in total. The van der Waals surface area contributed by atoms with Crippen LogP contribution in [-0.2, 0) is 21.3 Å². The van der Waals surface area contributed by atoms with Gasteiger partial charge in [0.05, 0.1) is 30.8 Å². The molecule has 3 heterocycles. The molecule has 0 unspecified atom stereocenters. The first kappa shape index (κ1) is 17.0. The number of sulfonamides is 1. The second-order valence-electron chi connectivity index (χ2n) is 6.65. The SMILES string of the molecule is CCS(=O)(=O)N1CCC2(CC1)C[C@H](N(C)Cc1ccco1)CO2. The summed E-state index contributed by atoms with van der Waals surface area (Å²) in [7, 11) is -0.987. The zero-order valence-electron chi connectivity index (χ0n) is 13.9. The molecule has 1 atom stereocenters. The van der Waals surface area contributed by atoms with E-state index in [0.717, 1.165) is 31.6 Å². The van der Waals surface area contributed by atoms with Gasteiger partial charge in [0.15, 0.2) is 0 Å². The van der Waals surface area contributed by atoms with Crippen LogP contribution in [0.5, 0.6) is 0 Å². The average Bonchev–Trinajstić information content (AvgIpc) is 3.18. The van der Waals surface area contributed by atoms with Crippen molar-refractivity contribution >= 4 is 10.0 Å². The van der Waals surface area contributed by atoms with Crippen LogP contribution in [0.2, 0.25) is 0 Å². The van der Waals surface area contributed by atoms with Gasteiger partial charge in [-0.25, -0.2) is 12.7 Å². The third-order valence-electron chi connectivity index (χ3n) is 5.19. The van der Waals surface area contributed by atoms with Crippen LogP contribution in [0, 0.1) is 0 Å². The molecule has 0 amide bonds. The zero-order valence-corrected chi connectivity index (χ0v) is 14.7. The number of rotatable bonds is 5. The van der Waals surface area contributed by atoms with Crippen molar-refractivity contribution in [3.8, 4) is 0 Å². The van der Waals surface area contributed by atoms with E-state index in [1.54, 1.807) is 17.5 Å². The minimum absolute atomic E-state index is 0.151. The van der Waals surface area contributed by atoms with Gasteiger partial charge >= 0.3 is 0 Å². The van der Waals surface area contributed by atoms with E-state index in [1.165, 1.54) is 0 Å². The molecule has 2 fully saturated rings. The van der Waals surface area contributed by atoms with Gasteiger partial charge in [0, 0.05) is 19.1 Å². The maximum absolute atomic E-state index is 12.0. The Bertz CT molecular complexity index is 606. The van der Waals surface area contributed by atoms with Gasteiger partial charge in [0.1, 0.15) is 5.76 Å². The van der Waals surface area contributed by atoms with E-state index in [1.807, 2.05) is 12.1 Å². The first-order valence-corrected chi connectivity index (χ1v) is 9.89. The summed E-state index contributed by atoms with van der Waals surface area (Å²) in [6.07, 6.45) is 4.23. The van der Waals surface area contributed by atoms with E-state index in [4.69, 9.17) is 9.15 Å². The van der Waals surface area contributed by atoms with Crippen molar-refractivity contribution in [1.29, 1.82) is 0 Å². The molecule has 130 valence electrons. The van der Waals surface area contributed by atoms with Gasteiger partial charge in [-0.1, -0.05) is 0 Å². The van der Waals surface area contributed by atoms with Crippen molar-refractivity contribution in [3.63, 3.8) is 0 Å². The fourth-order valence-electron chi connectivity index (χ4n) is 3.58. The van der Waals surface area contributed by atoms with Crippen molar-refractivity contribution in [1.82, 2.24) is 9.21 Å². The predicted molar refractivity (Wildman–Crippen MR) is 87.5 cm³/mol. The van der Waals surface area contributed by atoms with Gasteiger partial charge < -0.3 is 9.15 Å². The second kappa shape index (κ2) is 6.55. The minimum Gasteiger partial charge on any atom is -0.468 e. The maximum Gasteiger partial charge on any atom is 0.213 e. The molecule has 0 aliphatic carbocycles. The molecule has 0 saturated carbocycles. The molecule has 0 N–H and O–H groups in total. The van der Waals surface area contributed by atoms with Gasteiger partial charge in [0.2, 0.25) is 10.0 Å². The third kappa shape index (κ3) is 3.63. The van der Waals surface area contributed by atoms with Gasteiger partial charge in [0.25, 0.3) is 0 Å². The highest BCUT2D eigenvalue weighted by Crippen LogP contribution is 2.38. The molecule has 0 radical (unpaired) electrons. The fourth-order valence-corrected chi connectivity index (χ4v) is 4.69. The summed E-state index contributed by atoms with van der Waals surface area (Å²) in [5.74, 6) is 1.13. The molecule has 0 bridgehead atoms. The summed E-state index contributed by atoms with van der Waals surface area (Å²) < 4.78 is 37.1. The zero-order chi connectivity index (χ0) is 16.5. The summed E-state index contributed by atoms with van der Waals surface area (Å²) in [5.41, 5.74) is -0.151. The molecule has 2 saturated heterocycles. The summed E-state index contributed by atoms with van der Waals surface area (Å²) in [4.78, 5) is 2.27. The molecule has 2 aliphatic rings. The second-order valence-corrected chi connectivity index (χ2v) is 8.90. The molecular formula is C16H26N2O4S. The molecule has 3 rings (SSSR count). The first-order chi connectivity index (χ1) is 10.9. The molecule has 0 aromatic carbocycles. The molecule has 1 spiro atoms. The number of ether oxygens (including phenoxy) is 1. The number of furan rings is 1. The van der Waals surface area contributed by atoms with Crippen LogP contribution in [0.25, 0.3) is 0 Å². The van der Waals surface area contributed by atoms with E-state index < -0.39 is 10.0 Å². The number of hydrogen-bond donors (Lipinski definition) is 0. The van der Waals surface area contributed by atoms with Crippen LogP contribution in [0.3, 0.4) is 0 Å². The predicted octanol–water partition coefficient (Wildman–Crippen LogP) is 1.68. The largest absolute Gasteiger partial charge is 0.468 e. The molecule has 23 heavy (non-hydrogen) atoms. The first-order valence-electron chi connectivity index (χ1n) is 8.28. The Morgan fingerprint density at radius 1 is 1.39 bits per heavy atom. The topological polar surface area (TPSA) is 63.0 Å². The third-order valence-corrected chi connectivity index (χ3v) is 7.07. The van der Waals surface area contributed by atoms with E-state index >= 15 is 0 Å². The van der Waals surface area contributed by atoms with Gasteiger partial charge in [-0.3, -0.25) is 4.90 Å². The Hall–Kier alpha value is -0.890. The molecule has 7 heteroatoms. The van der Waals surface area contributed by atoms with Crippen LogP contribution in [0.4, 0.5) is 0 Å². The molecule has 1 aromatic heterocycles. The Kier molecular flexibility index (Phi) is 4.83. The van der Waals surface area contributed by atoms with Crippen molar-refractivity contribution in [2.75, 3.05) is 32.5 Å². The number of piperidine rings is 1. The Morgan fingerprint density at radius 2 is 2.13 bits per heavy atom. The summed E-state index contributed by atoms with van der Waals surface area (Å²) in [5, 5.41) is 0. The van der Waals surface area contributed by atoms with Crippen molar-refractivity contribution < 1.29 is 17.6 Å². The van der Waals surface area contributed by atoms with E-state index in [0.29, 0.717) is 25.7 Å². The summed E-state index contributed by atoms with van der Waals surface area (Å²) in [6.45, 7) is 4.33. The summed E-state index contributed by atoms with van der Waals surface area (Å²) >= 11 is 0. The Morgan fingerprint density at radius 3 is 2.74 bits per heavy atom. The monoisotopic (exact) mass is 342 g/mol. The highest BCUT2D eigenvalue weighted by molar-refractivity contribution is 7.89.